The van der Waals surface area contributed by atoms with Gasteiger partial charge in [-0.25, -0.2) is 0 Å². The molecule has 3 nitrogen and oxygen atoms in total. The summed E-state index contributed by atoms with van der Waals surface area (Å²) in [6.45, 7) is 0. The Labute approximate surface area is 133 Å². The van der Waals surface area contributed by atoms with Crippen molar-refractivity contribution in [2.24, 2.45) is 5.73 Å². The van der Waals surface area contributed by atoms with E-state index in [2.05, 4.69) is 31.9 Å². The number of rotatable bonds is 4. The smallest absolute Gasteiger partial charge is 0.161 e. The summed E-state index contributed by atoms with van der Waals surface area (Å²) < 4.78 is 12.6. The highest BCUT2D eigenvalue weighted by molar-refractivity contribution is 9.12. The molecule has 1 unspecified atom stereocenters. The monoisotopic (exact) mass is 405 g/mol. The number of benzene rings is 1. The normalized spacial score (nSPS) is 12.3. The lowest BCUT2D eigenvalue weighted by atomic mass is 10.0. The molecule has 1 aromatic carbocycles. The Kier molecular flexibility index (Phi) is 4.89. The van der Waals surface area contributed by atoms with Crippen molar-refractivity contribution in [1.29, 1.82) is 0 Å². The van der Waals surface area contributed by atoms with Gasteiger partial charge >= 0.3 is 0 Å². The maximum Gasteiger partial charge on any atom is 0.161 e. The Morgan fingerprint density at radius 1 is 1.11 bits per heavy atom. The topological polar surface area (TPSA) is 44.5 Å². The van der Waals surface area contributed by atoms with Crippen LogP contribution in [0.1, 0.15) is 17.2 Å². The molecule has 2 rings (SSSR count). The number of nitrogens with two attached hydrogens (primary N) is 1. The lowest BCUT2D eigenvalue weighted by Gasteiger charge is -2.14. The third-order valence-electron chi connectivity index (χ3n) is 2.78. The summed E-state index contributed by atoms with van der Waals surface area (Å²) in [5.74, 6) is 1.38. The highest BCUT2D eigenvalue weighted by Gasteiger charge is 2.17. The first kappa shape index (κ1) is 14.8. The van der Waals surface area contributed by atoms with Gasteiger partial charge in [-0.05, 0) is 61.2 Å². The van der Waals surface area contributed by atoms with Gasteiger partial charge in [-0.3, -0.25) is 0 Å². The second-order valence-electron chi connectivity index (χ2n) is 3.87. The Balaban J connectivity index is 2.39. The molecule has 0 saturated heterocycles. The van der Waals surface area contributed by atoms with E-state index in [1.807, 2.05) is 24.3 Å². The van der Waals surface area contributed by atoms with Crippen molar-refractivity contribution >= 4 is 43.2 Å². The van der Waals surface area contributed by atoms with E-state index in [1.165, 1.54) is 0 Å². The van der Waals surface area contributed by atoms with E-state index >= 15 is 0 Å². The summed E-state index contributed by atoms with van der Waals surface area (Å²) in [4.78, 5) is 0. The molecule has 0 aliphatic carbocycles. The molecule has 19 heavy (non-hydrogen) atoms. The summed E-state index contributed by atoms with van der Waals surface area (Å²) in [7, 11) is 3.23. The molecule has 0 saturated carbocycles. The molecule has 0 aliphatic heterocycles. The molecular formula is C13H13Br2NO2S. The maximum absolute atomic E-state index is 6.31. The predicted molar refractivity (Wildman–Crippen MR) is 85.3 cm³/mol. The van der Waals surface area contributed by atoms with Crippen molar-refractivity contribution in [2.45, 2.75) is 6.04 Å². The Morgan fingerprint density at radius 2 is 1.79 bits per heavy atom. The van der Waals surface area contributed by atoms with Gasteiger partial charge in [0.2, 0.25) is 0 Å². The van der Waals surface area contributed by atoms with Gasteiger partial charge in [0, 0.05) is 0 Å². The van der Waals surface area contributed by atoms with E-state index in [0.29, 0.717) is 11.5 Å². The molecule has 1 atom stereocenters. The van der Waals surface area contributed by atoms with Crippen molar-refractivity contribution in [3.63, 3.8) is 0 Å². The molecule has 1 aromatic heterocycles. The summed E-state index contributed by atoms with van der Waals surface area (Å²) in [5, 5.41) is 0. The standard InChI is InChI=1S/C13H13Br2NO2S/c1-17-9-4-3-7(5-10(9)18-2)12(16)8-6-11(14)19-13(8)15/h3-6,12H,16H2,1-2H3. The van der Waals surface area contributed by atoms with Crippen molar-refractivity contribution in [3.05, 3.63) is 43.0 Å². The van der Waals surface area contributed by atoms with Crippen LogP contribution < -0.4 is 15.2 Å². The predicted octanol–water partition coefficient (Wildman–Crippen LogP) is 4.34. The molecule has 6 heteroatoms. The number of methoxy groups -OCH3 is 2. The fourth-order valence-electron chi connectivity index (χ4n) is 1.79. The molecule has 0 amide bonds. The van der Waals surface area contributed by atoms with Crippen LogP contribution in [0.3, 0.4) is 0 Å². The van der Waals surface area contributed by atoms with Crippen LogP contribution in [0.2, 0.25) is 0 Å². The second-order valence-corrected chi connectivity index (χ2v) is 7.62. The van der Waals surface area contributed by atoms with Crippen LogP contribution in [0.4, 0.5) is 0 Å². The molecule has 0 radical (unpaired) electrons. The highest BCUT2D eigenvalue weighted by atomic mass is 79.9. The number of hydrogen-bond acceptors (Lipinski definition) is 4. The molecule has 1 heterocycles. The number of hydrogen-bond donors (Lipinski definition) is 1. The van der Waals surface area contributed by atoms with Gasteiger partial charge < -0.3 is 15.2 Å². The minimum atomic E-state index is -0.211. The van der Waals surface area contributed by atoms with Gasteiger partial charge in [-0.15, -0.1) is 11.3 Å². The summed E-state index contributed by atoms with van der Waals surface area (Å²) >= 11 is 8.60. The quantitative estimate of drug-likeness (QED) is 0.821. The molecule has 0 bridgehead atoms. The molecular weight excluding hydrogens is 394 g/mol. The Bertz CT molecular complexity index is 586. The van der Waals surface area contributed by atoms with Gasteiger partial charge in [0.1, 0.15) is 0 Å². The number of ether oxygens (including phenoxy) is 2. The molecule has 0 aliphatic rings. The first-order valence-electron chi connectivity index (χ1n) is 5.49. The minimum absolute atomic E-state index is 0.211. The van der Waals surface area contributed by atoms with Crippen molar-refractivity contribution < 1.29 is 9.47 Å². The number of halogens is 2. The van der Waals surface area contributed by atoms with Crippen molar-refractivity contribution in [2.75, 3.05) is 14.2 Å². The zero-order valence-corrected chi connectivity index (χ0v) is 14.4. The van der Waals surface area contributed by atoms with Gasteiger partial charge in [0.15, 0.2) is 11.5 Å². The Hall–Kier alpha value is -0.560. The van der Waals surface area contributed by atoms with E-state index in [9.17, 15) is 0 Å². The van der Waals surface area contributed by atoms with Crippen molar-refractivity contribution in [3.8, 4) is 11.5 Å². The van der Waals surface area contributed by atoms with Crippen LogP contribution in [-0.2, 0) is 0 Å². The van der Waals surface area contributed by atoms with Gasteiger partial charge in [0.05, 0.1) is 27.8 Å². The van der Waals surface area contributed by atoms with E-state index in [-0.39, 0.29) is 6.04 Å². The third kappa shape index (κ3) is 3.13. The van der Waals surface area contributed by atoms with Gasteiger partial charge in [-0.2, -0.15) is 0 Å². The van der Waals surface area contributed by atoms with E-state index in [1.54, 1.807) is 25.6 Å². The van der Waals surface area contributed by atoms with E-state index in [0.717, 1.165) is 18.7 Å². The second kappa shape index (κ2) is 6.26. The van der Waals surface area contributed by atoms with Crippen molar-refractivity contribution in [1.82, 2.24) is 0 Å². The van der Waals surface area contributed by atoms with Gasteiger partial charge in [0.25, 0.3) is 0 Å². The van der Waals surface area contributed by atoms with E-state index in [4.69, 9.17) is 15.2 Å². The first-order chi connectivity index (χ1) is 9.06. The van der Waals surface area contributed by atoms with Crippen LogP contribution in [0, 0.1) is 0 Å². The lowest BCUT2D eigenvalue weighted by Crippen LogP contribution is -2.11. The molecule has 2 aromatic rings. The average molecular weight is 407 g/mol. The zero-order chi connectivity index (χ0) is 14.0. The maximum atomic E-state index is 6.31. The number of thiophene rings is 1. The zero-order valence-electron chi connectivity index (χ0n) is 10.4. The summed E-state index contributed by atoms with van der Waals surface area (Å²) in [6, 6.07) is 7.53. The van der Waals surface area contributed by atoms with Crippen LogP contribution in [-0.4, -0.2) is 14.2 Å². The fraction of sp³-hybridized carbons (Fsp3) is 0.231. The molecule has 102 valence electrons. The van der Waals surface area contributed by atoms with E-state index < -0.39 is 0 Å². The largest absolute Gasteiger partial charge is 0.493 e. The van der Waals surface area contributed by atoms with Crippen LogP contribution in [0.15, 0.2) is 31.8 Å². The summed E-state index contributed by atoms with van der Waals surface area (Å²) in [5.41, 5.74) is 8.33. The third-order valence-corrected chi connectivity index (χ3v) is 5.17. The minimum Gasteiger partial charge on any atom is -0.493 e. The Morgan fingerprint density at radius 3 is 2.32 bits per heavy atom. The van der Waals surface area contributed by atoms with Crippen LogP contribution in [0.5, 0.6) is 11.5 Å². The lowest BCUT2D eigenvalue weighted by molar-refractivity contribution is 0.354. The SMILES string of the molecule is COc1ccc(C(N)c2cc(Br)sc2Br)cc1OC. The highest BCUT2D eigenvalue weighted by Crippen LogP contribution is 2.38. The van der Waals surface area contributed by atoms with Gasteiger partial charge in [-0.1, -0.05) is 6.07 Å². The van der Waals surface area contributed by atoms with Crippen LogP contribution >= 0.6 is 43.2 Å². The molecule has 0 fully saturated rings. The molecule has 0 spiro atoms. The fourth-order valence-corrected chi connectivity index (χ4v) is 4.72. The van der Waals surface area contributed by atoms with Crippen LogP contribution in [0.25, 0.3) is 0 Å². The first-order valence-corrected chi connectivity index (χ1v) is 7.89. The average Bonchev–Trinajstić information content (AvgIpc) is 2.76. The molecule has 2 N–H and O–H groups in total. The summed E-state index contributed by atoms with van der Waals surface area (Å²) in [6.07, 6.45) is 0.